The summed E-state index contributed by atoms with van der Waals surface area (Å²) in [5.74, 6) is -1.31. The van der Waals surface area contributed by atoms with Crippen molar-refractivity contribution in [2.75, 3.05) is 19.0 Å². The van der Waals surface area contributed by atoms with Crippen molar-refractivity contribution in [2.45, 2.75) is 32.0 Å². The number of ether oxygens (including phenoxy) is 1. The number of nitrogens with two attached hydrogens (primary N) is 1. The lowest BCUT2D eigenvalue weighted by Crippen LogP contribution is -2.41. The van der Waals surface area contributed by atoms with E-state index < -0.39 is 11.7 Å². The van der Waals surface area contributed by atoms with Crippen LogP contribution in [0.2, 0.25) is 0 Å². The summed E-state index contributed by atoms with van der Waals surface area (Å²) < 4.78 is 20.9. The minimum Gasteiger partial charge on any atom is -0.494 e. The Bertz CT molecular complexity index is 1130. The number of aromatic nitrogens is 2. The fourth-order valence-electron chi connectivity index (χ4n) is 3.60. The number of anilines is 1. The van der Waals surface area contributed by atoms with E-state index in [2.05, 4.69) is 10.4 Å². The van der Waals surface area contributed by atoms with E-state index in [1.165, 1.54) is 24.1 Å². The van der Waals surface area contributed by atoms with E-state index in [9.17, 15) is 14.0 Å². The Labute approximate surface area is 178 Å². The van der Waals surface area contributed by atoms with Crippen LogP contribution >= 0.6 is 0 Å². The van der Waals surface area contributed by atoms with Gasteiger partial charge in [-0.3, -0.25) is 14.3 Å². The van der Waals surface area contributed by atoms with Crippen LogP contribution in [0.1, 0.15) is 18.5 Å². The molecule has 1 aromatic heterocycles. The molecule has 4 rings (SSSR count). The molecule has 8 nitrogen and oxygen atoms in total. The van der Waals surface area contributed by atoms with Crippen LogP contribution in [0.25, 0.3) is 10.9 Å². The molecule has 9 heteroatoms. The van der Waals surface area contributed by atoms with Crippen LogP contribution in [-0.2, 0) is 22.7 Å². The second kappa shape index (κ2) is 8.73. The minimum atomic E-state index is -0.653. The number of hydrogen-bond donors (Lipinski definition) is 2. The maximum atomic E-state index is 14.3. The Kier molecular flexibility index (Phi) is 5.85. The quantitative estimate of drug-likeness (QED) is 0.576. The van der Waals surface area contributed by atoms with Gasteiger partial charge in [0.25, 0.3) is 0 Å². The molecule has 1 aliphatic rings. The van der Waals surface area contributed by atoms with E-state index in [0.29, 0.717) is 5.69 Å². The van der Waals surface area contributed by atoms with Gasteiger partial charge >= 0.3 is 0 Å². The number of rotatable bonds is 8. The summed E-state index contributed by atoms with van der Waals surface area (Å²) in [6, 6.07) is 12.1. The highest BCUT2D eigenvalue weighted by Crippen LogP contribution is 2.28. The zero-order chi connectivity index (χ0) is 22.0. The Morgan fingerprint density at radius 2 is 2.03 bits per heavy atom. The lowest BCUT2D eigenvalue weighted by molar-refractivity contribution is -0.135. The van der Waals surface area contributed by atoms with Crippen molar-refractivity contribution in [1.82, 2.24) is 14.7 Å². The van der Waals surface area contributed by atoms with Gasteiger partial charge in [-0.05, 0) is 31.0 Å². The molecular weight excluding hydrogens is 401 g/mol. The monoisotopic (exact) mass is 425 g/mol. The molecular formula is C22H24FN5O3. The molecule has 162 valence electrons. The lowest BCUT2D eigenvalue weighted by atomic mass is 10.2. The highest BCUT2D eigenvalue weighted by Gasteiger charge is 2.34. The summed E-state index contributed by atoms with van der Waals surface area (Å²) in [6.07, 6.45) is 1.67. The third-order valence-electron chi connectivity index (χ3n) is 5.29. The van der Waals surface area contributed by atoms with Crippen molar-refractivity contribution in [3.63, 3.8) is 0 Å². The number of benzene rings is 2. The molecule has 0 aliphatic heterocycles. The van der Waals surface area contributed by atoms with Gasteiger partial charge in [0, 0.05) is 18.0 Å². The number of para-hydroxylation sites is 1. The molecule has 1 fully saturated rings. The lowest BCUT2D eigenvalue weighted by Gasteiger charge is -2.22. The summed E-state index contributed by atoms with van der Waals surface area (Å²) in [5.41, 5.74) is 7.33. The van der Waals surface area contributed by atoms with E-state index in [0.717, 1.165) is 23.7 Å². The van der Waals surface area contributed by atoms with Gasteiger partial charge in [0.15, 0.2) is 11.6 Å². The smallest absolute Gasteiger partial charge is 0.245 e. The molecule has 1 saturated carbocycles. The van der Waals surface area contributed by atoms with E-state index in [1.54, 1.807) is 10.7 Å². The fourth-order valence-corrected chi connectivity index (χ4v) is 3.60. The highest BCUT2D eigenvalue weighted by molar-refractivity contribution is 5.95. The van der Waals surface area contributed by atoms with Gasteiger partial charge in [0.1, 0.15) is 13.1 Å². The maximum absolute atomic E-state index is 14.3. The van der Waals surface area contributed by atoms with Gasteiger partial charge < -0.3 is 20.7 Å². The summed E-state index contributed by atoms with van der Waals surface area (Å²) in [6.45, 7) is 0.101. The average Bonchev–Trinajstić information content (AvgIpc) is 3.56. The number of carbonyl (C=O) groups is 2. The summed E-state index contributed by atoms with van der Waals surface area (Å²) in [7, 11) is 1.35. The van der Waals surface area contributed by atoms with Gasteiger partial charge in [-0.1, -0.05) is 24.3 Å². The second-order valence-electron chi connectivity index (χ2n) is 7.45. The molecule has 0 unspecified atom stereocenters. The van der Waals surface area contributed by atoms with Crippen molar-refractivity contribution < 1.29 is 18.7 Å². The first-order valence-corrected chi connectivity index (χ1v) is 10.1. The average molecular weight is 425 g/mol. The van der Waals surface area contributed by atoms with Crippen molar-refractivity contribution in [1.29, 1.82) is 0 Å². The van der Waals surface area contributed by atoms with E-state index in [-0.39, 0.29) is 43.0 Å². The molecule has 2 aromatic carbocycles. The highest BCUT2D eigenvalue weighted by atomic mass is 19.1. The number of methoxy groups -OCH3 is 1. The largest absolute Gasteiger partial charge is 0.494 e. The molecule has 0 bridgehead atoms. The minimum absolute atomic E-state index is 0.00217. The number of carbonyl (C=O) groups excluding carboxylic acids is 2. The molecule has 31 heavy (non-hydrogen) atoms. The number of nitrogens with zero attached hydrogens (tertiary/aromatic N) is 3. The normalized spacial score (nSPS) is 13.3. The van der Waals surface area contributed by atoms with Crippen LogP contribution in [0.4, 0.5) is 10.1 Å². The first-order chi connectivity index (χ1) is 15.0. The van der Waals surface area contributed by atoms with Gasteiger partial charge in [0.2, 0.25) is 11.8 Å². The van der Waals surface area contributed by atoms with Crippen LogP contribution in [0, 0.1) is 5.82 Å². The zero-order valence-corrected chi connectivity index (χ0v) is 17.2. The van der Waals surface area contributed by atoms with E-state index in [1.807, 2.05) is 24.3 Å². The number of halogens is 1. The number of fused-ring (bicyclic) bond motifs is 1. The molecule has 3 N–H and O–H groups in total. The standard InChI is InChI=1S/C22H24FN5O3/c1-31-19-8-4-6-16(22(19)23)25-20(29)12-27(14-9-10-14)21(30)13-28-18-7-3-2-5-15(18)17(11-24)26-28/h2-8,14H,9-13,24H2,1H3,(H,25,29). The van der Waals surface area contributed by atoms with Crippen LogP contribution < -0.4 is 15.8 Å². The van der Waals surface area contributed by atoms with Crippen LogP contribution in [0.3, 0.4) is 0 Å². The second-order valence-corrected chi connectivity index (χ2v) is 7.45. The van der Waals surface area contributed by atoms with Crippen LogP contribution in [-0.4, -0.2) is 46.2 Å². The molecule has 0 radical (unpaired) electrons. The first-order valence-electron chi connectivity index (χ1n) is 10.1. The number of hydrogen-bond acceptors (Lipinski definition) is 5. The summed E-state index contributed by atoms with van der Waals surface area (Å²) in [5, 5.41) is 7.91. The molecule has 3 aromatic rings. The zero-order valence-electron chi connectivity index (χ0n) is 17.2. The Morgan fingerprint density at radius 3 is 2.74 bits per heavy atom. The van der Waals surface area contributed by atoms with Gasteiger partial charge in [-0.25, -0.2) is 4.39 Å². The van der Waals surface area contributed by atoms with Crippen LogP contribution in [0.15, 0.2) is 42.5 Å². The molecule has 0 atom stereocenters. The van der Waals surface area contributed by atoms with Gasteiger partial charge in [-0.15, -0.1) is 0 Å². The predicted octanol–water partition coefficient (Wildman–Crippen LogP) is 2.27. The fraction of sp³-hybridized carbons (Fsp3) is 0.318. The molecule has 1 aliphatic carbocycles. The van der Waals surface area contributed by atoms with E-state index in [4.69, 9.17) is 10.5 Å². The summed E-state index contributed by atoms with van der Waals surface area (Å²) in [4.78, 5) is 27.2. The van der Waals surface area contributed by atoms with Crippen molar-refractivity contribution in [3.8, 4) is 5.75 Å². The Morgan fingerprint density at radius 1 is 1.26 bits per heavy atom. The molecule has 0 saturated heterocycles. The maximum Gasteiger partial charge on any atom is 0.245 e. The van der Waals surface area contributed by atoms with Gasteiger partial charge in [0.05, 0.1) is 24.0 Å². The summed E-state index contributed by atoms with van der Waals surface area (Å²) >= 11 is 0. The molecule has 1 heterocycles. The van der Waals surface area contributed by atoms with Crippen molar-refractivity contribution in [3.05, 3.63) is 54.0 Å². The predicted molar refractivity (Wildman–Crippen MR) is 114 cm³/mol. The Hall–Kier alpha value is -3.46. The molecule has 2 amide bonds. The SMILES string of the molecule is COc1cccc(NC(=O)CN(C(=O)Cn2nc(CN)c3ccccc32)C2CC2)c1F. The third kappa shape index (κ3) is 4.36. The van der Waals surface area contributed by atoms with Gasteiger partial charge in [-0.2, -0.15) is 5.10 Å². The van der Waals surface area contributed by atoms with E-state index >= 15 is 0 Å². The molecule has 0 spiro atoms. The Balaban J connectivity index is 1.48. The third-order valence-corrected chi connectivity index (χ3v) is 5.29. The topological polar surface area (TPSA) is 102 Å². The van der Waals surface area contributed by atoms with Crippen LogP contribution in [0.5, 0.6) is 5.75 Å². The number of nitrogens with one attached hydrogen (secondary N) is 1. The van der Waals surface area contributed by atoms with Crippen molar-refractivity contribution in [2.24, 2.45) is 5.73 Å². The number of amides is 2. The van der Waals surface area contributed by atoms with Crippen molar-refractivity contribution >= 4 is 28.4 Å². The first kappa shape index (κ1) is 20.8.